The van der Waals surface area contributed by atoms with Crippen molar-refractivity contribution in [2.45, 2.75) is 129 Å². The van der Waals surface area contributed by atoms with Crippen LogP contribution in [0.15, 0.2) is 12.1 Å². The lowest BCUT2D eigenvalue weighted by molar-refractivity contribution is 0.461. The third-order valence-electron chi connectivity index (χ3n) is 7.02. The molecular weight excluding hydrogens is 340 g/mol. The topological polar surface area (TPSA) is 24.1 Å². The SMILES string of the molecule is CCCCCCCc1ccc(NC2CCCCC2)c(C)c1NC1CCCCC1. The van der Waals surface area contributed by atoms with E-state index in [4.69, 9.17) is 0 Å². The molecule has 1 aromatic carbocycles. The van der Waals surface area contributed by atoms with E-state index in [2.05, 4.69) is 36.6 Å². The minimum absolute atomic E-state index is 0.676. The van der Waals surface area contributed by atoms with Crippen LogP contribution in [-0.4, -0.2) is 12.1 Å². The number of benzene rings is 1. The van der Waals surface area contributed by atoms with E-state index in [9.17, 15) is 0 Å². The van der Waals surface area contributed by atoms with Gasteiger partial charge in [0.25, 0.3) is 0 Å². The molecule has 0 unspecified atom stereocenters. The normalized spacial score (nSPS) is 18.9. The Morgan fingerprint density at radius 2 is 1.36 bits per heavy atom. The van der Waals surface area contributed by atoms with Crippen LogP contribution >= 0.6 is 0 Å². The van der Waals surface area contributed by atoms with Gasteiger partial charge in [-0.25, -0.2) is 0 Å². The lowest BCUT2D eigenvalue weighted by Crippen LogP contribution is -2.25. The number of rotatable bonds is 10. The van der Waals surface area contributed by atoms with E-state index in [1.807, 2.05) is 0 Å². The monoisotopic (exact) mass is 384 g/mol. The van der Waals surface area contributed by atoms with Crippen LogP contribution in [0, 0.1) is 6.92 Å². The molecule has 0 spiro atoms. The standard InChI is InChI=1S/C26H44N2/c1-3-4-5-6-9-14-22-19-20-25(27-23-15-10-7-11-16-23)21(2)26(22)28-24-17-12-8-13-18-24/h19-20,23-24,27-28H,3-18H2,1-2H3. The van der Waals surface area contributed by atoms with Crippen molar-refractivity contribution < 1.29 is 0 Å². The summed E-state index contributed by atoms with van der Waals surface area (Å²) < 4.78 is 0. The van der Waals surface area contributed by atoms with Crippen molar-refractivity contribution >= 4 is 11.4 Å². The first-order chi connectivity index (χ1) is 13.8. The van der Waals surface area contributed by atoms with Crippen LogP contribution < -0.4 is 10.6 Å². The van der Waals surface area contributed by atoms with E-state index in [1.54, 1.807) is 5.56 Å². The van der Waals surface area contributed by atoms with Gasteiger partial charge in [-0.2, -0.15) is 0 Å². The van der Waals surface area contributed by atoms with Gasteiger partial charge in [-0.3, -0.25) is 0 Å². The molecule has 0 aliphatic heterocycles. The molecule has 0 heterocycles. The minimum atomic E-state index is 0.676. The Kier molecular flexibility index (Phi) is 9.02. The lowest BCUT2D eigenvalue weighted by Gasteiger charge is -2.29. The zero-order valence-corrected chi connectivity index (χ0v) is 18.6. The Morgan fingerprint density at radius 3 is 2.00 bits per heavy atom. The molecule has 2 N–H and O–H groups in total. The predicted octanol–water partition coefficient (Wildman–Crippen LogP) is 8.00. The van der Waals surface area contributed by atoms with E-state index in [0.717, 1.165) is 0 Å². The van der Waals surface area contributed by atoms with Crippen molar-refractivity contribution in [3.63, 3.8) is 0 Å². The highest BCUT2D eigenvalue weighted by molar-refractivity contribution is 5.69. The van der Waals surface area contributed by atoms with Gasteiger partial charge in [0.05, 0.1) is 0 Å². The second-order valence-electron chi connectivity index (χ2n) is 9.40. The molecule has 2 aliphatic carbocycles. The average Bonchev–Trinajstić information content (AvgIpc) is 2.73. The molecule has 0 radical (unpaired) electrons. The molecule has 0 saturated heterocycles. The molecule has 2 fully saturated rings. The molecular formula is C26H44N2. The summed E-state index contributed by atoms with van der Waals surface area (Å²) in [6.07, 6.45) is 21.8. The largest absolute Gasteiger partial charge is 0.382 e. The van der Waals surface area contributed by atoms with Gasteiger partial charge in [0, 0.05) is 23.5 Å². The van der Waals surface area contributed by atoms with Gasteiger partial charge in [-0.15, -0.1) is 0 Å². The second kappa shape index (κ2) is 11.7. The molecule has 0 aromatic heterocycles. The quantitative estimate of drug-likeness (QED) is 0.399. The van der Waals surface area contributed by atoms with Gasteiger partial charge in [-0.1, -0.05) is 77.2 Å². The van der Waals surface area contributed by atoms with Gasteiger partial charge < -0.3 is 10.6 Å². The zero-order chi connectivity index (χ0) is 19.6. The van der Waals surface area contributed by atoms with Gasteiger partial charge >= 0.3 is 0 Å². The van der Waals surface area contributed by atoms with Crippen molar-refractivity contribution in [1.82, 2.24) is 0 Å². The number of nitrogens with one attached hydrogen (secondary N) is 2. The smallest absolute Gasteiger partial charge is 0.0425 e. The number of aryl methyl sites for hydroxylation is 1. The maximum absolute atomic E-state index is 4.01. The van der Waals surface area contributed by atoms with Gasteiger partial charge in [0.2, 0.25) is 0 Å². The molecule has 2 aliphatic rings. The summed E-state index contributed by atoms with van der Waals surface area (Å²) >= 11 is 0. The van der Waals surface area contributed by atoms with Crippen molar-refractivity contribution in [2.75, 3.05) is 10.6 Å². The van der Waals surface area contributed by atoms with Crippen LogP contribution in [0.4, 0.5) is 11.4 Å². The maximum atomic E-state index is 4.01. The van der Waals surface area contributed by atoms with E-state index in [1.165, 1.54) is 120 Å². The average molecular weight is 385 g/mol. The maximum Gasteiger partial charge on any atom is 0.0425 e. The van der Waals surface area contributed by atoms with Crippen LogP contribution in [-0.2, 0) is 6.42 Å². The van der Waals surface area contributed by atoms with E-state index in [-0.39, 0.29) is 0 Å². The summed E-state index contributed by atoms with van der Waals surface area (Å²) in [5.41, 5.74) is 5.85. The van der Waals surface area contributed by atoms with Crippen molar-refractivity contribution in [1.29, 1.82) is 0 Å². The molecule has 2 saturated carbocycles. The fourth-order valence-electron chi connectivity index (χ4n) is 5.17. The Morgan fingerprint density at radius 1 is 0.750 bits per heavy atom. The third kappa shape index (κ3) is 6.42. The van der Waals surface area contributed by atoms with Crippen molar-refractivity contribution in [3.05, 3.63) is 23.3 Å². The summed E-state index contributed by atoms with van der Waals surface area (Å²) in [6.45, 7) is 4.64. The van der Waals surface area contributed by atoms with E-state index >= 15 is 0 Å². The molecule has 0 atom stereocenters. The van der Waals surface area contributed by atoms with Crippen LogP contribution in [0.25, 0.3) is 0 Å². The van der Waals surface area contributed by atoms with Crippen LogP contribution in [0.3, 0.4) is 0 Å². The number of unbranched alkanes of at least 4 members (excludes halogenated alkanes) is 4. The first-order valence-corrected chi connectivity index (χ1v) is 12.4. The Balaban J connectivity index is 1.70. The molecule has 2 nitrogen and oxygen atoms in total. The summed E-state index contributed by atoms with van der Waals surface area (Å²) in [5, 5.41) is 7.91. The second-order valence-corrected chi connectivity index (χ2v) is 9.40. The van der Waals surface area contributed by atoms with Crippen LogP contribution in [0.5, 0.6) is 0 Å². The van der Waals surface area contributed by atoms with E-state index in [0.29, 0.717) is 12.1 Å². The van der Waals surface area contributed by atoms with E-state index < -0.39 is 0 Å². The first-order valence-electron chi connectivity index (χ1n) is 12.4. The summed E-state index contributed by atoms with van der Waals surface area (Å²) in [6, 6.07) is 6.15. The van der Waals surface area contributed by atoms with Gasteiger partial charge in [0.1, 0.15) is 0 Å². The van der Waals surface area contributed by atoms with Crippen LogP contribution in [0.1, 0.15) is 114 Å². The van der Waals surface area contributed by atoms with Gasteiger partial charge in [-0.05, 0) is 62.6 Å². The molecule has 1 aromatic rings. The van der Waals surface area contributed by atoms with Crippen LogP contribution in [0.2, 0.25) is 0 Å². The molecule has 2 heteroatoms. The summed E-state index contributed by atoms with van der Waals surface area (Å²) in [4.78, 5) is 0. The minimum Gasteiger partial charge on any atom is -0.382 e. The first kappa shape index (κ1) is 21.5. The number of hydrogen-bond acceptors (Lipinski definition) is 2. The number of hydrogen-bond donors (Lipinski definition) is 2. The fourth-order valence-corrected chi connectivity index (χ4v) is 5.17. The number of anilines is 2. The van der Waals surface area contributed by atoms with Gasteiger partial charge in [0.15, 0.2) is 0 Å². The third-order valence-corrected chi connectivity index (χ3v) is 7.02. The fraction of sp³-hybridized carbons (Fsp3) is 0.769. The highest BCUT2D eigenvalue weighted by Crippen LogP contribution is 2.33. The summed E-state index contributed by atoms with van der Waals surface area (Å²) in [5.74, 6) is 0. The Hall–Kier alpha value is -1.18. The molecule has 3 rings (SSSR count). The highest BCUT2D eigenvalue weighted by Gasteiger charge is 2.19. The Bertz CT molecular complexity index is 568. The molecule has 0 bridgehead atoms. The Labute approximate surface area is 174 Å². The molecule has 28 heavy (non-hydrogen) atoms. The highest BCUT2D eigenvalue weighted by atomic mass is 15.0. The van der Waals surface area contributed by atoms with Crippen molar-refractivity contribution in [2.24, 2.45) is 0 Å². The molecule has 0 amide bonds. The predicted molar refractivity (Wildman–Crippen MR) is 125 cm³/mol. The molecule has 158 valence electrons. The lowest BCUT2D eigenvalue weighted by atomic mass is 9.92. The summed E-state index contributed by atoms with van der Waals surface area (Å²) in [7, 11) is 0. The van der Waals surface area contributed by atoms with Crippen molar-refractivity contribution in [3.8, 4) is 0 Å². The zero-order valence-electron chi connectivity index (χ0n) is 18.6.